The minimum Gasteiger partial charge on any atom is -0.289 e. The van der Waals surface area contributed by atoms with Gasteiger partial charge in [-0.25, -0.2) is 0 Å². The van der Waals surface area contributed by atoms with Crippen molar-refractivity contribution in [2.24, 2.45) is 47.3 Å². The van der Waals surface area contributed by atoms with Crippen molar-refractivity contribution in [3.63, 3.8) is 0 Å². The summed E-state index contributed by atoms with van der Waals surface area (Å²) in [5, 5.41) is 0. The maximum Gasteiger partial charge on any atom is 0.194 e. The van der Waals surface area contributed by atoms with E-state index in [0.717, 1.165) is 35.9 Å². The van der Waals surface area contributed by atoms with Crippen LogP contribution in [0.15, 0.2) is 24.3 Å². The first-order valence-corrected chi connectivity index (χ1v) is 16.9. The fourth-order valence-electron chi connectivity index (χ4n) is 11.4. The molecule has 0 aliphatic heterocycles. The van der Waals surface area contributed by atoms with E-state index >= 15 is 0 Å². The number of hydrogen-bond donors (Lipinski definition) is 4. The molecule has 38 heavy (non-hydrogen) atoms. The summed E-state index contributed by atoms with van der Waals surface area (Å²) in [6.45, 7) is 0. The fraction of sp³-hybridized carbons (Fsp3) is 0.562. The monoisotopic (exact) mass is 576 g/mol. The van der Waals surface area contributed by atoms with Crippen LogP contribution in [-0.4, -0.2) is 34.6 Å². The summed E-state index contributed by atoms with van der Waals surface area (Å²) in [5.41, 5.74) is 7.95. The van der Waals surface area contributed by atoms with E-state index in [9.17, 15) is 9.59 Å². The molecule has 6 heteroatoms. The minimum absolute atomic E-state index is 0.0547. The highest BCUT2D eigenvalue weighted by molar-refractivity contribution is 7.80. The molecule has 0 N–H and O–H groups in total. The third-order valence-corrected chi connectivity index (χ3v) is 14.4. The molecule has 2 aromatic carbocycles. The molecule has 0 aromatic heterocycles. The Hall–Kier alpha value is -0.820. The van der Waals surface area contributed by atoms with Crippen molar-refractivity contribution in [1.29, 1.82) is 0 Å². The highest BCUT2D eigenvalue weighted by Crippen LogP contribution is 2.72. The van der Waals surface area contributed by atoms with Crippen molar-refractivity contribution in [2.75, 3.05) is 23.0 Å². The topological polar surface area (TPSA) is 34.1 Å². The van der Waals surface area contributed by atoms with Crippen LogP contribution < -0.4 is 0 Å². The minimum atomic E-state index is 0.0547. The number of carbonyl (C=O) groups is 2. The second-order valence-corrected chi connectivity index (χ2v) is 14.8. The van der Waals surface area contributed by atoms with E-state index in [0.29, 0.717) is 93.3 Å². The molecule has 0 heterocycles. The van der Waals surface area contributed by atoms with Crippen molar-refractivity contribution in [3.05, 3.63) is 68.8 Å². The van der Waals surface area contributed by atoms with Crippen LogP contribution in [-0.2, 0) is 0 Å². The number of benzene rings is 2. The van der Waals surface area contributed by atoms with Crippen LogP contribution in [0, 0.1) is 47.3 Å². The predicted octanol–water partition coefficient (Wildman–Crippen LogP) is 6.31. The van der Waals surface area contributed by atoms with Crippen molar-refractivity contribution in [2.45, 2.75) is 36.5 Å². The molecule has 0 spiro atoms. The van der Waals surface area contributed by atoms with E-state index in [-0.39, 0.29) is 11.6 Å². The van der Waals surface area contributed by atoms with Crippen molar-refractivity contribution >= 4 is 62.1 Å². The lowest BCUT2D eigenvalue weighted by molar-refractivity contribution is 0.0113. The molecular formula is C32H32O2S4. The molecule has 4 fully saturated rings. The normalized spacial score (nSPS) is 43.6. The van der Waals surface area contributed by atoms with Gasteiger partial charge < -0.3 is 0 Å². The maximum atomic E-state index is 14.0. The maximum absolute atomic E-state index is 14.0. The summed E-state index contributed by atoms with van der Waals surface area (Å²) >= 11 is 18.8. The van der Waals surface area contributed by atoms with Gasteiger partial charge in [0.2, 0.25) is 0 Å². The Kier molecular flexibility index (Phi) is 4.97. The molecule has 4 unspecified atom stereocenters. The highest BCUT2D eigenvalue weighted by atomic mass is 32.1. The second-order valence-electron chi connectivity index (χ2n) is 13.3. The Morgan fingerprint density at radius 1 is 0.474 bits per heavy atom. The van der Waals surface area contributed by atoms with E-state index in [1.165, 1.54) is 22.3 Å². The second kappa shape index (κ2) is 7.92. The summed E-state index contributed by atoms with van der Waals surface area (Å²) in [6, 6.07) is 8.53. The molecular weight excluding hydrogens is 545 g/mol. The first-order valence-electron chi connectivity index (χ1n) is 14.4. The average Bonchev–Trinajstić information content (AvgIpc) is 3.62. The molecule has 0 amide bonds. The van der Waals surface area contributed by atoms with Crippen molar-refractivity contribution < 1.29 is 9.59 Å². The number of thiol groups is 4. The Bertz CT molecular complexity index is 1250. The summed E-state index contributed by atoms with van der Waals surface area (Å²) in [4.78, 5) is 28.1. The van der Waals surface area contributed by atoms with E-state index in [1.807, 2.05) is 0 Å². The average molecular weight is 577 g/mol. The number of hydrogen-bond acceptors (Lipinski definition) is 6. The molecule has 7 aliphatic rings. The van der Waals surface area contributed by atoms with Crippen LogP contribution in [0.1, 0.15) is 90.6 Å². The Balaban J connectivity index is 1.13. The van der Waals surface area contributed by atoms with Gasteiger partial charge in [0.15, 0.2) is 11.6 Å². The summed E-state index contributed by atoms with van der Waals surface area (Å²) in [6.07, 6.45) is 2.33. The van der Waals surface area contributed by atoms with Crippen LogP contribution in [0.25, 0.3) is 0 Å². The largest absolute Gasteiger partial charge is 0.289 e. The SMILES string of the molecule is O=C1c2cc3c(cc2C(=O)c2cc4c(cc21)[C@H]1C[C@@H]4C2C1[C@@H](CS)[C@@H]2CS)[C@@H]1C[C@H]3C2C1[C@@H](CS)[C@@H]2CS. The van der Waals surface area contributed by atoms with E-state index in [4.69, 9.17) is 50.5 Å². The van der Waals surface area contributed by atoms with Crippen molar-refractivity contribution in [3.8, 4) is 0 Å². The lowest BCUT2D eigenvalue weighted by Gasteiger charge is -2.54. The van der Waals surface area contributed by atoms with Gasteiger partial charge in [-0.05, 0) is 153 Å². The quantitative estimate of drug-likeness (QED) is 0.275. The number of ketones is 2. The van der Waals surface area contributed by atoms with Crippen LogP contribution in [0.4, 0.5) is 0 Å². The third-order valence-electron chi connectivity index (χ3n) is 12.7. The van der Waals surface area contributed by atoms with Gasteiger partial charge in [0.25, 0.3) is 0 Å². The zero-order valence-corrected chi connectivity index (χ0v) is 24.7. The van der Waals surface area contributed by atoms with Crippen LogP contribution in [0.3, 0.4) is 0 Å². The van der Waals surface area contributed by atoms with Crippen LogP contribution >= 0.6 is 50.5 Å². The van der Waals surface area contributed by atoms with Crippen LogP contribution in [0.5, 0.6) is 0 Å². The number of rotatable bonds is 4. The van der Waals surface area contributed by atoms with Crippen LogP contribution in [0.2, 0.25) is 0 Å². The van der Waals surface area contributed by atoms with Gasteiger partial charge >= 0.3 is 0 Å². The van der Waals surface area contributed by atoms with Gasteiger partial charge in [-0.3, -0.25) is 9.59 Å². The zero-order valence-electron chi connectivity index (χ0n) is 21.1. The molecule has 12 atom stereocenters. The first kappa shape index (κ1) is 23.8. The van der Waals surface area contributed by atoms with E-state index in [1.54, 1.807) is 0 Å². The molecule has 4 saturated carbocycles. The van der Waals surface area contributed by atoms with Gasteiger partial charge in [0, 0.05) is 22.3 Å². The molecule has 9 rings (SSSR count). The van der Waals surface area contributed by atoms with Gasteiger partial charge in [-0.2, -0.15) is 50.5 Å². The van der Waals surface area contributed by atoms with Gasteiger partial charge in [0.05, 0.1) is 0 Å². The van der Waals surface area contributed by atoms with E-state index < -0.39 is 0 Å². The zero-order chi connectivity index (χ0) is 25.8. The Morgan fingerprint density at radius 3 is 0.921 bits per heavy atom. The summed E-state index contributed by atoms with van der Waals surface area (Å²) < 4.78 is 0. The fourth-order valence-corrected chi connectivity index (χ4v) is 13.4. The highest BCUT2D eigenvalue weighted by Gasteiger charge is 2.65. The number of fused-ring (bicyclic) bond motifs is 18. The lowest BCUT2D eigenvalue weighted by Crippen LogP contribution is -2.51. The Morgan fingerprint density at radius 2 is 0.711 bits per heavy atom. The summed E-state index contributed by atoms with van der Waals surface area (Å²) in [5.74, 6) is 10.9. The molecule has 0 radical (unpaired) electrons. The van der Waals surface area contributed by atoms with Gasteiger partial charge in [-0.1, -0.05) is 0 Å². The summed E-state index contributed by atoms with van der Waals surface area (Å²) in [7, 11) is 0. The lowest BCUT2D eigenvalue weighted by atomic mass is 9.52. The first-order chi connectivity index (χ1) is 18.5. The molecule has 7 aliphatic carbocycles. The molecule has 0 saturated heterocycles. The molecule has 196 valence electrons. The third kappa shape index (κ3) is 2.54. The standard InChI is InChI=1S/C32H32O2S4/c33-31-19-1-11-12(16-5-15(11)27-23(7-35)24(8-36)28(16)27)2-20(19)32(34)22-4-14-13(3-21(22)31)17-6-18(14)30-26(10-38)25(9-37)29(17)30/h1-4,15-18,23-30,35-38H,5-10H2/t15-,16+,17-,18+,23-,24-,25-,26-,27?,28?,29?,30?/m0/s1. The molecule has 4 bridgehead atoms. The number of carbonyl (C=O) groups excluding carboxylic acids is 2. The molecule has 2 aromatic rings. The Labute approximate surface area is 246 Å². The predicted molar refractivity (Wildman–Crippen MR) is 163 cm³/mol. The molecule has 2 nitrogen and oxygen atoms in total. The van der Waals surface area contributed by atoms with Gasteiger partial charge in [-0.15, -0.1) is 0 Å². The van der Waals surface area contributed by atoms with Gasteiger partial charge in [0.1, 0.15) is 0 Å². The van der Waals surface area contributed by atoms with E-state index in [2.05, 4.69) is 24.3 Å². The smallest absolute Gasteiger partial charge is 0.194 e. The van der Waals surface area contributed by atoms with Crippen molar-refractivity contribution in [1.82, 2.24) is 0 Å².